The number of benzene rings is 2. The van der Waals surface area contributed by atoms with Crippen LogP contribution in [0.1, 0.15) is 35.7 Å². The van der Waals surface area contributed by atoms with Crippen LogP contribution in [-0.4, -0.2) is 42.4 Å². The van der Waals surface area contributed by atoms with Crippen LogP contribution in [0.5, 0.6) is 0 Å². The third-order valence-corrected chi connectivity index (χ3v) is 6.46. The highest BCUT2D eigenvalue weighted by Crippen LogP contribution is 2.38. The summed E-state index contributed by atoms with van der Waals surface area (Å²) in [7, 11) is 0. The maximum absolute atomic E-state index is 12.9. The smallest absolute Gasteiger partial charge is 0.310 e. The van der Waals surface area contributed by atoms with Crippen molar-refractivity contribution in [3.05, 3.63) is 64.6 Å². The maximum atomic E-state index is 12.9. The second-order valence-electron chi connectivity index (χ2n) is 7.53. The SMILES string of the molecule is CCOC(=O)[C@@H]1CCCN(C(=O)c2ccc(/C=C3/Sc4ccccc4NC3=O)cc2)C1. The van der Waals surface area contributed by atoms with Crippen molar-refractivity contribution in [3.63, 3.8) is 0 Å². The summed E-state index contributed by atoms with van der Waals surface area (Å²) in [4.78, 5) is 40.6. The highest BCUT2D eigenvalue weighted by Gasteiger charge is 2.29. The molecule has 0 spiro atoms. The van der Waals surface area contributed by atoms with Crippen molar-refractivity contribution in [2.24, 2.45) is 5.92 Å². The zero-order valence-corrected chi connectivity index (χ0v) is 18.1. The zero-order valence-electron chi connectivity index (χ0n) is 17.3. The van der Waals surface area contributed by atoms with Gasteiger partial charge in [-0.3, -0.25) is 14.4 Å². The van der Waals surface area contributed by atoms with Gasteiger partial charge in [0.25, 0.3) is 11.8 Å². The first-order valence-electron chi connectivity index (χ1n) is 10.4. The fraction of sp³-hybridized carbons (Fsp3) is 0.292. The highest BCUT2D eigenvalue weighted by molar-refractivity contribution is 8.04. The Labute approximate surface area is 185 Å². The third kappa shape index (κ3) is 4.82. The molecule has 2 aliphatic heterocycles. The van der Waals surface area contributed by atoms with Crippen LogP contribution < -0.4 is 5.32 Å². The highest BCUT2D eigenvalue weighted by atomic mass is 32.2. The van der Waals surface area contributed by atoms with Crippen LogP contribution in [0, 0.1) is 5.92 Å². The van der Waals surface area contributed by atoms with E-state index in [4.69, 9.17) is 4.74 Å². The minimum absolute atomic E-state index is 0.0908. The van der Waals surface area contributed by atoms with E-state index in [1.165, 1.54) is 11.8 Å². The number of amides is 2. The minimum atomic E-state index is -0.258. The number of rotatable bonds is 4. The Morgan fingerprint density at radius 2 is 1.97 bits per heavy atom. The zero-order chi connectivity index (χ0) is 21.8. The van der Waals surface area contributed by atoms with Gasteiger partial charge in [-0.15, -0.1) is 0 Å². The van der Waals surface area contributed by atoms with Gasteiger partial charge in [-0.25, -0.2) is 0 Å². The molecule has 2 aromatic carbocycles. The van der Waals surface area contributed by atoms with Gasteiger partial charge in [0, 0.05) is 23.5 Å². The molecular formula is C24H24N2O4S. The summed E-state index contributed by atoms with van der Waals surface area (Å²) in [5, 5.41) is 2.90. The number of nitrogens with zero attached hydrogens (tertiary/aromatic N) is 1. The molecule has 160 valence electrons. The Morgan fingerprint density at radius 1 is 1.19 bits per heavy atom. The van der Waals surface area contributed by atoms with E-state index in [-0.39, 0.29) is 23.7 Å². The van der Waals surface area contributed by atoms with Gasteiger partial charge in [-0.05, 0) is 55.7 Å². The standard InChI is InChI=1S/C24H24N2O4S/c1-2-30-24(29)18-6-5-13-26(15-18)23(28)17-11-9-16(10-12-17)14-21-22(27)25-19-7-3-4-8-20(19)31-21/h3-4,7-12,14,18H,2,5-6,13,15H2,1H3,(H,25,27)/b21-14+/t18-/m1/s1. The molecule has 0 aliphatic carbocycles. The van der Waals surface area contributed by atoms with Gasteiger partial charge in [0.1, 0.15) is 0 Å². The van der Waals surface area contributed by atoms with Crippen LogP contribution in [-0.2, 0) is 14.3 Å². The van der Waals surface area contributed by atoms with E-state index < -0.39 is 0 Å². The molecular weight excluding hydrogens is 412 g/mol. The number of carbonyl (C=O) groups excluding carboxylic acids is 3. The molecule has 7 heteroatoms. The Hall–Kier alpha value is -3.06. The van der Waals surface area contributed by atoms with E-state index in [1.54, 1.807) is 24.0 Å². The lowest BCUT2D eigenvalue weighted by Crippen LogP contribution is -2.42. The quantitative estimate of drug-likeness (QED) is 0.575. The van der Waals surface area contributed by atoms with Crippen LogP contribution in [0.2, 0.25) is 0 Å². The molecule has 0 radical (unpaired) electrons. The van der Waals surface area contributed by atoms with Crippen molar-refractivity contribution < 1.29 is 19.1 Å². The molecule has 2 aliphatic rings. The number of thioether (sulfide) groups is 1. The summed E-state index contributed by atoms with van der Waals surface area (Å²) >= 11 is 1.43. The lowest BCUT2D eigenvalue weighted by atomic mass is 9.97. The fourth-order valence-electron chi connectivity index (χ4n) is 3.77. The fourth-order valence-corrected chi connectivity index (χ4v) is 4.72. The van der Waals surface area contributed by atoms with E-state index in [2.05, 4.69) is 5.32 Å². The number of nitrogens with one attached hydrogen (secondary N) is 1. The van der Waals surface area contributed by atoms with Crippen molar-refractivity contribution >= 4 is 41.3 Å². The molecule has 6 nitrogen and oxygen atoms in total. The molecule has 1 atom stereocenters. The van der Waals surface area contributed by atoms with Gasteiger partial charge in [0.2, 0.25) is 0 Å². The molecule has 0 bridgehead atoms. The van der Waals surface area contributed by atoms with Crippen LogP contribution in [0.4, 0.5) is 5.69 Å². The van der Waals surface area contributed by atoms with Crippen molar-refractivity contribution in [2.45, 2.75) is 24.7 Å². The van der Waals surface area contributed by atoms with Crippen molar-refractivity contribution in [1.29, 1.82) is 0 Å². The van der Waals surface area contributed by atoms with E-state index in [1.807, 2.05) is 42.5 Å². The predicted molar refractivity (Wildman–Crippen MR) is 121 cm³/mol. The molecule has 1 saturated heterocycles. The van der Waals surface area contributed by atoms with Crippen molar-refractivity contribution in [3.8, 4) is 0 Å². The minimum Gasteiger partial charge on any atom is -0.466 e. The molecule has 4 rings (SSSR count). The summed E-state index contributed by atoms with van der Waals surface area (Å²) in [5.74, 6) is -0.715. The second-order valence-corrected chi connectivity index (χ2v) is 8.61. The number of carbonyl (C=O) groups is 3. The van der Waals surface area contributed by atoms with Gasteiger partial charge in [0.05, 0.1) is 23.1 Å². The van der Waals surface area contributed by atoms with Gasteiger partial charge < -0.3 is 15.0 Å². The summed E-state index contributed by atoms with van der Waals surface area (Å²) in [5.41, 5.74) is 2.23. The first-order valence-corrected chi connectivity index (χ1v) is 11.2. The lowest BCUT2D eigenvalue weighted by molar-refractivity contribution is -0.149. The molecule has 0 unspecified atom stereocenters. The van der Waals surface area contributed by atoms with E-state index in [0.717, 1.165) is 29.0 Å². The largest absolute Gasteiger partial charge is 0.466 e. The number of hydrogen-bond donors (Lipinski definition) is 1. The molecule has 1 N–H and O–H groups in total. The average Bonchev–Trinajstić information content (AvgIpc) is 2.80. The lowest BCUT2D eigenvalue weighted by Gasteiger charge is -2.31. The topological polar surface area (TPSA) is 75.7 Å². The average molecular weight is 437 g/mol. The molecule has 0 aromatic heterocycles. The van der Waals surface area contributed by atoms with Crippen LogP contribution in [0.25, 0.3) is 6.08 Å². The number of para-hydroxylation sites is 1. The first-order chi connectivity index (χ1) is 15.0. The van der Waals surface area contributed by atoms with Gasteiger partial charge in [-0.1, -0.05) is 36.0 Å². The number of hydrogen-bond acceptors (Lipinski definition) is 5. The van der Waals surface area contributed by atoms with Gasteiger partial charge >= 0.3 is 5.97 Å². The molecule has 1 fully saturated rings. The molecule has 31 heavy (non-hydrogen) atoms. The Kier molecular flexibility index (Phi) is 6.42. The first kappa shape index (κ1) is 21.2. The van der Waals surface area contributed by atoms with E-state index in [9.17, 15) is 14.4 Å². The summed E-state index contributed by atoms with van der Waals surface area (Å²) in [6, 6.07) is 14.9. The van der Waals surface area contributed by atoms with E-state index >= 15 is 0 Å². The summed E-state index contributed by atoms with van der Waals surface area (Å²) in [6.45, 7) is 3.16. The summed E-state index contributed by atoms with van der Waals surface area (Å²) < 4.78 is 5.12. The maximum Gasteiger partial charge on any atom is 0.310 e. The van der Waals surface area contributed by atoms with Crippen molar-refractivity contribution in [2.75, 3.05) is 25.0 Å². The number of anilines is 1. The van der Waals surface area contributed by atoms with Crippen LogP contribution in [0.15, 0.2) is 58.3 Å². The van der Waals surface area contributed by atoms with Gasteiger partial charge in [-0.2, -0.15) is 0 Å². The van der Waals surface area contributed by atoms with Crippen LogP contribution in [0.3, 0.4) is 0 Å². The number of likely N-dealkylation sites (tertiary alicyclic amines) is 1. The van der Waals surface area contributed by atoms with Gasteiger partial charge in [0.15, 0.2) is 0 Å². The molecule has 2 amide bonds. The summed E-state index contributed by atoms with van der Waals surface area (Å²) in [6.07, 6.45) is 3.35. The number of esters is 1. The number of piperidine rings is 1. The third-order valence-electron chi connectivity index (χ3n) is 5.36. The van der Waals surface area contributed by atoms with Crippen molar-refractivity contribution in [1.82, 2.24) is 4.90 Å². The predicted octanol–water partition coefficient (Wildman–Crippen LogP) is 4.19. The Balaban J connectivity index is 1.45. The monoisotopic (exact) mass is 436 g/mol. The normalized spacial score (nSPS) is 19.5. The second kappa shape index (κ2) is 9.39. The molecule has 2 aromatic rings. The number of ether oxygens (including phenoxy) is 1. The molecule has 0 saturated carbocycles. The van der Waals surface area contributed by atoms with E-state index in [0.29, 0.717) is 30.2 Å². The number of fused-ring (bicyclic) bond motifs is 1. The van der Waals surface area contributed by atoms with Crippen LogP contribution >= 0.6 is 11.8 Å². The molecule has 2 heterocycles. The Bertz CT molecular complexity index is 1030. The Morgan fingerprint density at radius 3 is 2.74 bits per heavy atom.